The number of nitrogens with zero attached hydrogens (tertiary/aromatic N) is 2. The molecule has 2 amide bonds. The molecule has 0 saturated carbocycles. The van der Waals surface area contributed by atoms with E-state index in [0.717, 1.165) is 36.9 Å². The topological polar surface area (TPSA) is 56.4 Å². The molecule has 0 bridgehead atoms. The molecule has 1 fully saturated rings. The second-order valence-electron chi connectivity index (χ2n) is 8.48. The van der Waals surface area contributed by atoms with Crippen LogP contribution in [0, 0.1) is 0 Å². The highest BCUT2D eigenvalue weighted by molar-refractivity contribution is 6.00. The maximum atomic E-state index is 13.6. The summed E-state index contributed by atoms with van der Waals surface area (Å²) >= 11 is 0. The number of benzene rings is 1. The zero-order valence-corrected chi connectivity index (χ0v) is 16.5. The van der Waals surface area contributed by atoms with Gasteiger partial charge in [-0.05, 0) is 57.1 Å². The number of hydrogen-bond acceptors (Lipinski definition) is 2. The van der Waals surface area contributed by atoms with Crippen LogP contribution in [0.5, 0.6) is 0 Å². The Bertz CT molecular complexity index is 989. The maximum absolute atomic E-state index is 13.6. The minimum atomic E-state index is -0.928. The molecule has 2 aliphatic heterocycles. The Hall–Kier alpha value is -2.56. The van der Waals surface area contributed by atoms with Gasteiger partial charge in [0.05, 0.1) is 12.2 Å². The fourth-order valence-electron chi connectivity index (χ4n) is 5.27. The lowest BCUT2D eigenvalue weighted by molar-refractivity contribution is -0.165. The Morgan fingerprint density at radius 3 is 2.82 bits per heavy atom. The van der Waals surface area contributed by atoms with Gasteiger partial charge in [0.15, 0.2) is 5.54 Å². The SMILES string of the molecule is C[C@]12C(=O)N(CCC3=CCCCC3)CC(=O)N1CCc1c2[nH]c2ccccc12. The van der Waals surface area contributed by atoms with Gasteiger partial charge < -0.3 is 14.8 Å². The highest BCUT2D eigenvalue weighted by atomic mass is 16.2. The van der Waals surface area contributed by atoms with Crippen molar-refractivity contribution >= 4 is 22.7 Å². The van der Waals surface area contributed by atoms with Gasteiger partial charge in [-0.25, -0.2) is 0 Å². The molecule has 1 aromatic heterocycles. The first kappa shape index (κ1) is 17.5. The van der Waals surface area contributed by atoms with Crippen molar-refractivity contribution in [3.8, 4) is 0 Å². The third-order valence-electron chi connectivity index (χ3n) is 6.84. The largest absolute Gasteiger partial charge is 0.356 e. The Kier molecular flexibility index (Phi) is 4.07. The van der Waals surface area contributed by atoms with E-state index >= 15 is 0 Å². The van der Waals surface area contributed by atoms with Gasteiger partial charge >= 0.3 is 0 Å². The number of H-pyrrole nitrogens is 1. The van der Waals surface area contributed by atoms with Crippen LogP contribution in [0.3, 0.4) is 0 Å². The van der Waals surface area contributed by atoms with Crippen molar-refractivity contribution in [2.45, 2.75) is 51.0 Å². The highest BCUT2D eigenvalue weighted by Crippen LogP contribution is 2.42. The Labute approximate surface area is 165 Å². The highest BCUT2D eigenvalue weighted by Gasteiger charge is 2.53. The molecule has 5 rings (SSSR count). The first-order chi connectivity index (χ1) is 13.6. The van der Waals surface area contributed by atoms with Gasteiger partial charge in [0.25, 0.3) is 5.91 Å². The van der Waals surface area contributed by atoms with Crippen LogP contribution in [0.25, 0.3) is 10.9 Å². The molecule has 1 atom stereocenters. The normalized spacial score (nSPS) is 25.0. The van der Waals surface area contributed by atoms with Crippen LogP contribution in [-0.4, -0.2) is 46.2 Å². The van der Waals surface area contributed by atoms with Crippen LogP contribution in [0.1, 0.15) is 50.3 Å². The van der Waals surface area contributed by atoms with E-state index in [1.165, 1.54) is 29.4 Å². The average Bonchev–Trinajstić information content (AvgIpc) is 3.11. The fraction of sp³-hybridized carbons (Fsp3) is 0.478. The molecule has 0 radical (unpaired) electrons. The molecule has 1 aliphatic carbocycles. The van der Waals surface area contributed by atoms with E-state index in [9.17, 15) is 9.59 Å². The van der Waals surface area contributed by atoms with Crippen molar-refractivity contribution in [2.24, 2.45) is 0 Å². The fourth-order valence-corrected chi connectivity index (χ4v) is 5.27. The average molecular weight is 377 g/mol. The van der Waals surface area contributed by atoms with Crippen molar-refractivity contribution in [1.82, 2.24) is 14.8 Å². The molecule has 1 N–H and O–H groups in total. The number of aromatic amines is 1. The van der Waals surface area contributed by atoms with Gasteiger partial charge in [-0.3, -0.25) is 9.59 Å². The lowest BCUT2D eigenvalue weighted by Gasteiger charge is -2.49. The van der Waals surface area contributed by atoms with Crippen molar-refractivity contribution in [3.05, 3.63) is 47.2 Å². The third kappa shape index (κ3) is 2.52. The Morgan fingerprint density at radius 1 is 1.14 bits per heavy atom. The lowest BCUT2D eigenvalue weighted by Crippen LogP contribution is -2.67. The number of carbonyl (C=O) groups is 2. The van der Waals surface area contributed by atoms with Gasteiger partial charge in [0.1, 0.15) is 0 Å². The van der Waals surface area contributed by atoms with Crippen molar-refractivity contribution in [2.75, 3.05) is 19.6 Å². The van der Waals surface area contributed by atoms with E-state index in [4.69, 9.17) is 0 Å². The standard InChI is InChI=1S/C23H27N3O2/c1-23-21-18(17-9-5-6-10-19(17)24-21)12-14-26(23)20(27)15-25(22(23)28)13-11-16-7-3-2-4-8-16/h5-7,9-10,24H,2-4,8,11-15H2,1H3/t23-/m0/s1. The summed E-state index contributed by atoms with van der Waals surface area (Å²) in [5.41, 5.74) is 3.64. The van der Waals surface area contributed by atoms with E-state index in [2.05, 4.69) is 17.1 Å². The van der Waals surface area contributed by atoms with Gasteiger partial charge in [-0.2, -0.15) is 0 Å². The minimum absolute atomic E-state index is 0.0519. The molecule has 146 valence electrons. The number of carbonyl (C=O) groups excluding carboxylic acids is 2. The first-order valence-electron chi connectivity index (χ1n) is 10.5. The molecule has 2 aromatic rings. The number of fused-ring (bicyclic) bond motifs is 5. The molecule has 0 unspecified atom stereocenters. The molecule has 1 saturated heterocycles. The van der Waals surface area contributed by atoms with Gasteiger partial charge in [0, 0.05) is 24.0 Å². The van der Waals surface area contributed by atoms with Gasteiger partial charge in [-0.1, -0.05) is 29.8 Å². The molecule has 5 heteroatoms. The van der Waals surface area contributed by atoms with Crippen LogP contribution >= 0.6 is 0 Å². The predicted octanol–water partition coefficient (Wildman–Crippen LogP) is 3.50. The molecule has 28 heavy (non-hydrogen) atoms. The maximum Gasteiger partial charge on any atom is 0.254 e. The second kappa shape index (κ2) is 6.50. The van der Waals surface area contributed by atoms with Crippen LogP contribution in [0.2, 0.25) is 0 Å². The summed E-state index contributed by atoms with van der Waals surface area (Å²) in [7, 11) is 0. The van der Waals surface area contributed by atoms with E-state index in [0.29, 0.717) is 13.1 Å². The number of piperazine rings is 1. The number of amides is 2. The number of para-hydroxylation sites is 1. The zero-order valence-electron chi connectivity index (χ0n) is 16.5. The van der Waals surface area contributed by atoms with Gasteiger partial charge in [0.2, 0.25) is 5.91 Å². The molecular weight excluding hydrogens is 350 g/mol. The molecule has 3 heterocycles. The number of allylic oxidation sites excluding steroid dienone is 1. The lowest BCUT2D eigenvalue weighted by atomic mass is 9.83. The van der Waals surface area contributed by atoms with E-state index in [1.807, 2.05) is 25.1 Å². The smallest absolute Gasteiger partial charge is 0.254 e. The van der Waals surface area contributed by atoms with Crippen LogP contribution in [-0.2, 0) is 21.5 Å². The number of hydrogen-bond donors (Lipinski definition) is 1. The predicted molar refractivity (Wildman–Crippen MR) is 109 cm³/mol. The summed E-state index contributed by atoms with van der Waals surface area (Å²) in [6.45, 7) is 3.37. The van der Waals surface area contributed by atoms with Gasteiger partial charge in [-0.15, -0.1) is 0 Å². The number of rotatable bonds is 3. The van der Waals surface area contributed by atoms with Crippen molar-refractivity contribution in [3.63, 3.8) is 0 Å². The molecule has 1 aromatic carbocycles. The summed E-state index contributed by atoms with van der Waals surface area (Å²) in [6, 6.07) is 8.18. The van der Waals surface area contributed by atoms with E-state index in [-0.39, 0.29) is 18.4 Å². The quantitative estimate of drug-likeness (QED) is 0.833. The summed E-state index contributed by atoms with van der Waals surface area (Å²) in [6.07, 6.45) is 8.78. The zero-order chi connectivity index (χ0) is 19.3. The Morgan fingerprint density at radius 2 is 2.00 bits per heavy atom. The van der Waals surface area contributed by atoms with Crippen LogP contribution in [0.15, 0.2) is 35.9 Å². The molecule has 5 nitrogen and oxygen atoms in total. The summed E-state index contributed by atoms with van der Waals surface area (Å²) in [5, 5.41) is 1.17. The number of nitrogens with one attached hydrogen (secondary N) is 1. The molecular formula is C23H27N3O2. The van der Waals surface area contributed by atoms with Crippen LogP contribution in [0.4, 0.5) is 0 Å². The van der Waals surface area contributed by atoms with Crippen molar-refractivity contribution < 1.29 is 9.59 Å². The van der Waals surface area contributed by atoms with E-state index < -0.39 is 5.54 Å². The summed E-state index contributed by atoms with van der Waals surface area (Å²) < 4.78 is 0. The molecule has 0 spiro atoms. The van der Waals surface area contributed by atoms with Crippen LogP contribution < -0.4 is 0 Å². The Balaban J connectivity index is 1.49. The first-order valence-corrected chi connectivity index (χ1v) is 10.5. The third-order valence-corrected chi connectivity index (χ3v) is 6.84. The molecule has 3 aliphatic rings. The summed E-state index contributed by atoms with van der Waals surface area (Å²) in [5.74, 6) is 0.111. The minimum Gasteiger partial charge on any atom is -0.356 e. The van der Waals surface area contributed by atoms with Crippen molar-refractivity contribution in [1.29, 1.82) is 0 Å². The monoisotopic (exact) mass is 377 g/mol. The summed E-state index contributed by atoms with van der Waals surface area (Å²) in [4.78, 5) is 33.7. The van der Waals surface area contributed by atoms with E-state index in [1.54, 1.807) is 9.80 Å². The number of aromatic nitrogens is 1. The second-order valence-corrected chi connectivity index (χ2v) is 8.48.